The number of hydroxylamine groups is 1. The number of hydrogen-bond acceptors (Lipinski definition) is 3. The third-order valence-corrected chi connectivity index (χ3v) is 1.81. The molecular weight excluding hydrogens is 277 g/mol. The Balaban J connectivity index is 2.26. The highest BCUT2D eigenvalue weighted by Crippen LogP contribution is 2.13. The van der Waals surface area contributed by atoms with Crippen molar-refractivity contribution in [2.45, 2.75) is 12.7 Å². The molecule has 3 nitrogen and oxygen atoms in total. The maximum absolute atomic E-state index is 11.7. The fourth-order valence-corrected chi connectivity index (χ4v) is 1.19. The van der Waals surface area contributed by atoms with Crippen LogP contribution in [0.3, 0.4) is 0 Å². The van der Waals surface area contributed by atoms with Gasteiger partial charge < -0.3 is 0 Å². The van der Waals surface area contributed by atoms with Gasteiger partial charge in [0.2, 0.25) is 0 Å². The number of hydrogen-bond donors (Lipinski definition) is 1. The normalized spacial score (nSPS) is 11.7. The first kappa shape index (κ1) is 12.4. The zero-order valence-corrected chi connectivity index (χ0v) is 9.10. The average Bonchev–Trinajstić information content (AvgIpc) is 2.11. The van der Waals surface area contributed by atoms with E-state index in [1.54, 1.807) is 18.2 Å². The Kier molecular flexibility index (Phi) is 4.49. The molecule has 1 N–H and O–H groups in total. The predicted octanol–water partition coefficient (Wildman–Crippen LogP) is 2.43. The summed E-state index contributed by atoms with van der Waals surface area (Å²) in [6, 6.07) is 5.13. The zero-order chi connectivity index (χ0) is 11.3. The molecule has 0 bridgehead atoms. The molecule has 0 aliphatic rings. The Morgan fingerprint density at radius 3 is 2.73 bits per heavy atom. The summed E-state index contributed by atoms with van der Waals surface area (Å²) in [5.74, 6) is 0. The molecule has 0 spiro atoms. The van der Waals surface area contributed by atoms with E-state index in [1.165, 1.54) is 0 Å². The van der Waals surface area contributed by atoms with Gasteiger partial charge in [-0.05, 0) is 28.1 Å². The van der Waals surface area contributed by atoms with Crippen molar-refractivity contribution < 1.29 is 18.0 Å². The predicted molar refractivity (Wildman–Crippen MR) is 50.8 cm³/mol. The maximum Gasteiger partial charge on any atom is 0.413 e. The van der Waals surface area contributed by atoms with Crippen molar-refractivity contribution >= 4 is 15.9 Å². The van der Waals surface area contributed by atoms with Crippen molar-refractivity contribution in [1.29, 1.82) is 0 Å². The third kappa shape index (κ3) is 5.71. The molecule has 0 aliphatic carbocycles. The maximum atomic E-state index is 11.7. The van der Waals surface area contributed by atoms with Gasteiger partial charge in [-0.1, -0.05) is 6.07 Å². The topological polar surface area (TPSA) is 34.1 Å². The standard InChI is InChI=1S/C8H8BrF3N2O/c9-7-3-1-2-6(14-7)4-13-15-5-8(10,11)12/h1-3,13H,4-5H2. The second-order valence-electron chi connectivity index (χ2n) is 2.68. The van der Waals surface area contributed by atoms with Gasteiger partial charge >= 0.3 is 6.18 Å². The van der Waals surface area contributed by atoms with Gasteiger partial charge in [0.25, 0.3) is 0 Å². The number of halogens is 4. The molecule has 0 aromatic carbocycles. The monoisotopic (exact) mass is 284 g/mol. The van der Waals surface area contributed by atoms with E-state index in [1.807, 2.05) is 0 Å². The molecule has 0 saturated carbocycles. The summed E-state index contributed by atoms with van der Waals surface area (Å²) in [7, 11) is 0. The molecule has 0 radical (unpaired) electrons. The molecule has 84 valence electrons. The minimum Gasteiger partial charge on any atom is -0.292 e. The second kappa shape index (κ2) is 5.43. The molecule has 7 heteroatoms. The Labute approximate surface area is 92.7 Å². The molecule has 0 saturated heterocycles. The largest absolute Gasteiger partial charge is 0.413 e. The van der Waals surface area contributed by atoms with E-state index in [0.29, 0.717) is 10.3 Å². The van der Waals surface area contributed by atoms with Crippen molar-refractivity contribution in [1.82, 2.24) is 10.5 Å². The summed E-state index contributed by atoms with van der Waals surface area (Å²) in [4.78, 5) is 8.21. The molecule has 15 heavy (non-hydrogen) atoms. The highest BCUT2D eigenvalue weighted by molar-refractivity contribution is 9.10. The molecule has 1 aromatic heterocycles. The van der Waals surface area contributed by atoms with E-state index < -0.39 is 12.8 Å². The van der Waals surface area contributed by atoms with E-state index in [9.17, 15) is 13.2 Å². The SMILES string of the molecule is FC(F)(F)CONCc1cccc(Br)n1. The van der Waals surface area contributed by atoms with Gasteiger partial charge in [-0.2, -0.15) is 18.7 Å². The number of alkyl halides is 3. The Bertz CT molecular complexity index is 319. The van der Waals surface area contributed by atoms with E-state index in [4.69, 9.17) is 0 Å². The number of pyridine rings is 1. The van der Waals surface area contributed by atoms with Crippen LogP contribution in [0.25, 0.3) is 0 Å². The first-order chi connectivity index (χ1) is 6.97. The first-order valence-corrected chi connectivity index (χ1v) is 4.79. The molecule has 0 aliphatic heterocycles. The van der Waals surface area contributed by atoms with Crippen LogP contribution < -0.4 is 5.48 Å². The van der Waals surface area contributed by atoms with E-state index >= 15 is 0 Å². The Morgan fingerprint density at radius 2 is 2.13 bits per heavy atom. The minimum atomic E-state index is -4.32. The zero-order valence-electron chi connectivity index (χ0n) is 7.51. The molecule has 1 heterocycles. The van der Waals surface area contributed by atoms with Crippen molar-refractivity contribution in [3.63, 3.8) is 0 Å². The number of nitrogens with one attached hydrogen (secondary N) is 1. The van der Waals surface area contributed by atoms with Crippen molar-refractivity contribution in [3.05, 3.63) is 28.5 Å². The summed E-state index contributed by atoms with van der Waals surface area (Å²) in [5, 5.41) is 0. The summed E-state index contributed by atoms with van der Waals surface area (Å²) in [6.45, 7) is -1.20. The van der Waals surface area contributed by atoms with Crippen LogP contribution in [-0.4, -0.2) is 17.8 Å². The van der Waals surface area contributed by atoms with Crippen LogP contribution in [0.5, 0.6) is 0 Å². The highest BCUT2D eigenvalue weighted by Gasteiger charge is 2.27. The lowest BCUT2D eigenvalue weighted by molar-refractivity contribution is -0.190. The van der Waals surface area contributed by atoms with Gasteiger partial charge in [0.05, 0.1) is 12.2 Å². The van der Waals surface area contributed by atoms with Gasteiger partial charge in [-0.15, -0.1) is 0 Å². The lowest BCUT2D eigenvalue weighted by Crippen LogP contribution is -2.24. The molecule has 1 aromatic rings. The van der Waals surface area contributed by atoms with E-state index in [0.717, 1.165) is 0 Å². The lowest BCUT2D eigenvalue weighted by Gasteiger charge is -2.07. The van der Waals surface area contributed by atoms with Crippen LogP contribution in [0.2, 0.25) is 0 Å². The van der Waals surface area contributed by atoms with Crippen molar-refractivity contribution in [2.24, 2.45) is 0 Å². The average molecular weight is 285 g/mol. The van der Waals surface area contributed by atoms with Crippen molar-refractivity contribution in [2.75, 3.05) is 6.61 Å². The highest BCUT2D eigenvalue weighted by atomic mass is 79.9. The van der Waals surface area contributed by atoms with Crippen LogP contribution >= 0.6 is 15.9 Å². The van der Waals surface area contributed by atoms with E-state index in [-0.39, 0.29) is 6.54 Å². The lowest BCUT2D eigenvalue weighted by atomic mass is 10.4. The van der Waals surface area contributed by atoms with Crippen LogP contribution in [0.1, 0.15) is 5.69 Å². The number of nitrogens with zero attached hydrogens (tertiary/aromatic N) is 1. The van der Waals surface area contributed by atoms with Gasteiger partial charge in [-0.3, -0.25) is 4.84 Å². The minimum absolute atomic E-state index is 0.121. The van der Waals surface area contributed by atoms with Gasteiger partial charge in [0, 0.05) is 0 Å². The van der Waals surface area contributed by atoms with Gasteiger partial charge in [0.1, 0.15) is 4.60 Å². The van der Waals surface area contributed by atoms with Crippen LogP contribution in [0.15, 0.2) is 22.8 Å². The summed E-state index contributed by atoms with van der Waals surface area (Å²) >= 11 is 3.14. The molecular formula is C8H8BrF3N2O. The summed E-state index contributed by atoms with van der Waals surface area (Å²) in [5.41, 5.74) is 2.77. The third-order valence-electron chi connectivity index (χ3n) is 1.36. The summed E-state index contributed by atoms with van der Waals surface area (Å²) in [6.07, 6.45) is -4.32. The molecule has 0 unspecified atom stereocenters. The second-order valence-corrected chi connectivity index (χ2v) is 3.49. The number of aromatic nitrogens is 1. The first-order valence-electron chi connectivity index (χ1n) is 4.00. The number of rotatable bonds is 4. The van der Waals surface area contributed by atoms with Crippen LogP contribution in [0, 0.1) is 0 Å². The van der Waals surface area contributed by atoms with Gasteiger partial charge in [-0.25, -0.2) is 4.98 Å². The fourth-order valence-electron chi connectivity index (χ4n) is 0.807. The van der Waals surface area contributed by atoms with Crippen molar-refractivity contribution in [3.8, 4) is 0 Å². The molecule has 0 fully saturated rings. The fraction of sp³-hybridized carbons (Fsp3) is 0.375. The molecule has 0 atom stereocenters. The van der Waals surface area contributed by atoms with Crippen LogP contribution in [0.4, 0.5) is 13.2 Å². The van der Waals surface area contributed by atoms with Crippen LogP contribution in [-0.2, 0) is 11.4 Å². The Hall–Kier alpha value is -0.660. The Morgan fingerprint density at radius 1 is 1.40 bits per heavy atom. The molecule has 1 rings (SSSR count). The quantitative estimate of drug-likeness (QED) is 0.524. The van der Waals surface area contributed by atoms with Gasteiger partial charge in [0.15, 0.2) is 6.61 Å². The summed E-state index contributed by atoms with van der Waals surface area (Å²) < 4.78 is 35.6. The smallest absolute Gasteiger partial charge is 0.292 e. The van der Waals surface area contributed by atoms with E-state index in [2.05, 4.69) is 31.2 Å². The molecule has 0 amide bonds.